The van der Waals surface area contributed by atoms with Crippen molar-refractivity contribution in [1.82, 2.24) is 9.55 Å². The fraction of sp³-hybridized carbons (Fsp3) is 0.222. The summed E-state index contributed by atoms with van der Waals surface area (Å²) < 4.78 is 12.6. The zero-order valence-electron chi connectivity index (χ0n) is 12.9. The lowest BCUT2D eigenvalue weighted by molar-refractivity contribution is 0.294. The molecule has 1 heterocycles. The third-order valence-electron chi connectivity index (χ3n) is 3.47. The molecule has 3 rings (SSSR count). The molecule has 0 aliphatic rings. The van der Waals surface area contributed by atoms with Gasteiger partial charge in [-0.05, 0) is 43.3 Å². The molecule has 2 aromatic carbocycles. The van der Waals surface area contributed by atoms with Crippen LogP contribution in [0.1, 0.15) is 6.92 Å². The minimum Gasteiger partial charge on any atom is -0.494 e. The topological polar surface area (TPSA) is 53.4 Å². The molecule has 0 fully saturated rings. The molecule has 0 radical (unpaired) electrons. The van der Waals surface area contributed by atoms with Crippen molar-refractivity contribution in [2.75, 3.05) is 13.2 Å². The van der Waals surface area contributed by atoms with E-state index in [0.29, 0.717) is 30.7 Å². The summed E-state index contributed by atoms with van der Waals surface area (Å²) in [6.45, 7) is 3.43. The van der Waals surface area contributed by atoms with E-state index in [1.165, 1.54) is 0 Å². The van der Waals surface area contributed by atoms with E-state index >= 15 is 0 Å². The second kappa shape index (κ2) is 6.96. The van der Waals surface area contributed by atoms with E-state index in [4.69, 9.17) is 9.47 Å². The van der Waals surface area contributed by atoms with Gasteiger partial charge in [0.2, 0.25) is 0 Å². The lowest BCUT2D eigenvalue weighted by Crippen LogP contribution is -2.23. The van der Waals surface area contributed by atoms with Crippen molar-refractivity contribution >= 4 is 10.9 Å². The standard InChI is InChI=1S/C18H18N2O3/c1-2-22-14-7-9-15(10-8-14)23-12-11-20-13-19-17-6-4-3-5-16(17)18(20)21/h3-10,13H,2,11-12H2,1H3. The van der Waals surface area contributed by atoms with Crippen LogP contribution in [0.25, 0.3) is 10.9 Å². The first kappa shape index (κ1) is 15.1. The van der Waals surface area contributed by atoms with Crippen molar-refractivity contribution in [2.45, 2.75) is 13.5 Å². The van der Waals surface area contributed by atoms with Gasteiger partial charge in [0.1, 0.15) is 18.1 Å². The molecule has 118 valence electrons. The van der Waals surface area contributed by atoms with Crippen LogP contribution < -0.4 is 15.0 Å². The van der Waals surface area contributed by atoms with Gasteiger partial charge in [0.25, 0.3) is 5.56 Å². The zero-order valence-corrected chi connectivity index (χ0v) is 12.9. The first-order valence-electron chi connectivity index (χ1n) is 7.58. The van der Waals surface area contributed by atoms with Crippen LogP contribution >= 0.6 is 0 Å². The Labute approximate surface area is 134 Å². The van der Waals surface area contributed by atoms with Gasteiger partial charge in [0, 0.05) is 0 Å². The number of fused-ring (bicyclic) bond motifs is 1. The molecule has 23 heavy (non-hydrogen) atoms. The Balaban J connectivity index is 1.64. The van der Waals surface area contributed by atoms with Crippen molar-refractivity contribution in [3.63, 3.8) is 0 Å². The molecule has 1 aromatic heterocycles. The molecule has 0 atom stereocenters. The molecular weight excluding hydrogens is 292 g/mol. The van der Waals surface area contributed by atoms with Crippen LogP contribution in [0.2, 0.25) is 0 Å². The van der Waals surface area contributed by atoms with E-state index in [-0.39, 0.29) is 5.56 Å². The predicted octanol–water partition coefficient (Wildman–Crippen LogP) is 2.87. The van der Waals surface area contributed by atoms with Gasteiger partial charge in [-0.3, -0.25) is 9.36 Å². The van der Waals surface area contributed by atoms with Gasteiger partial charge in [-0.2, -0.15) is 0 Å². The number of hydrogen-bond acceptors (Lipinski definition) is 4. The number of para-hydroxylation sites is 1. The Hall–Kier alpha value is -2.82. The molecular formula is C18H18N2O3. The highest BCUT2D eigenvalue weighted by molar-refractivity contribution is 5.76. The van der Waals surface area contributed by atoms with Crippen LogP contribution in [0.3, 0.4) is 0 Å². The maximum absolute atomic E-state index is 12.3. The number of aromatic nitrogens is 2. The Bertz CT molecular complexity index is 841. The van der Waals surface area contributed by atoms with Gasteiger partial charge in [0.15, 0.2) is 0 Å². The van der Waals surface area contributed by atoms with E-state index in [0.717, 1.165) is 11.5 Å². The molecule has 0 saturated heterocycles. The largest absolute Gasteiger partial charge is 0.494 e. The number of rotatable bonds is 6. The Kier molecular flexibility index (Phi) is 4.57. The summed E-state index contributed by atoms with van der Waals surface area (Å²) in [4.78, 5) is 16.6. The maximum Gasteiger partial charge on any atom is 0.261 e. The molecule has 5 nitrogen and oxygen atoms in total. The van der Waals surface area contributed by atoms with Crippen molar-refractivity contribution in [3.05, 3.63) is 65.2 Å². The van der Waals surface area contributed by atoms with Crippen LogP contribution in [0, 0.1) is 0 Å². The number of nitrogens with zero attached hydrogens (tertiary/aromatic N) is 2. The first-order valence-corrected chi connectivity index (χ1v) is 7.58. The lowest BCUT2D eigenvalue weighted by atomic mass is 10.2. The Morgan fingerprint density at radius 2 is 1.70 bits per heavy atom. The highest BCUT2D eigenvalue weighted by atomic mass is 16.5. The normalized spacial score (nSPS) is 10.7. The molecule has 5 heteroatoms. The minimum absolute atomic E-state index is 0.0501. The van der Waals surface area contributed by atoms with E-state index in [2.05, 4.69) is 4.98 Å². The summed E-state index contributed by atoms with van der Waals surface area (Å²) in [5.74, 6) is 1.56. The summed E-state index contributed by atoms with van der Waals surface area (Å²) >= 11 is 0. The average Bonchev–Trinajstić information content (AvgIpc) is 2.59. The Morgan fingerprint density at radius 3 is 2.43 bits per heavy atom. The van der Waals surface area contributed by atoms with Gasteiger partial charge in [-0.1, -0.05) is 12.1 Å². The SMILES string of the molecule is CCOc1ccc(OCCn2cnc3ccccc3c2=O)cc1. The molecule has 0 spiro atoms. The number of benzene rings is 2. The Morgan fingerprint density at radius 1 is 1.00 bits per heavy atom. The quantitative estimate of drug-likeness (QED) is 0.702. The van der Waals surface area contributed by atoms with Crippen molar-refractivity contribution in [3.8, 4) is 11.5 Å². The molecule has 0 amide bonds. The fourth-order valence-corrected chi connectivity index (χ4v) is 2.33. The summed E-state index contributed by atoms with van der Waals surface area (Å²) in [6.07, 6.45) is 1.56. The predicted molar refractivity (Wildman–Crippen MR) is 89.1 cm³/mol. The van der Waals surface area contributed by atoms with Crippen LogP contribution in [0.4, 0.5) is 0 Å². The maximum atomic E-state index is 12.3. The lowest BCUT2D eigenvalue weighted by Gasteiger charge is -2.09. The van der Waals surface area contributed by atoms with Gasteiger partial charge < -0.3 is 9.47 Å². The van der Waals surface area contributed by atoms with Gasteiger partial charge in [0.05, 0.1) is 30.4 Å². The third-order valence-corrected chi connectivity index (χ3v) is 3.47. The van der Waals surface area contributed by atoms with Gasteiger partial charge >= 0.3 is 0 Å². The summed E-state index contributed by atoms with van der Waals surface area (Å²) in [5, 5.41) is 0.621. The van der Waals surface area contributed by atoms with Crippen LogP contribution in [-0.2, 0) is 6.54 Å². The second-order valence-electron chi connectivity index (χ2n) is 5.01. The molecule has 0 aliphatic carbocycles. The van der Waals surface area contributed by atoms with Crippen molar-refractivity contribution in [2.24, 2.45) is 0 Å². The van der Waals surface area contributed by atoms with Crippen LogP contribution in [-0.4, -0.2) is 22.8 Å². The van der Waals surface area contributed by atoms with Gasteiger partial charge in [-0.15, -0.1) is 0 Å². The molecule has 0 N–H and O–H groups in total. The monoisotopic (exact) mass is 310 g/mol. The van der Waals surface area contributed by atoms with E-state index in [9.17, 15) is 4.79 Å². The zero-order chi connectivity index (χ0) is 16.1. The highest BCUT2D eigenvalue weighted by Crippen LogP contribution is 2.17. The van der Waals surface area contributed by atoms with Crippen molar-refractivity contribution < 1.29 is 9.47 Å². The highest BCUT2D eigenvalue weighted by Gasteiger charge is 2.03. The average molecular weight is 310 g/mol. The van der Waals surface area contributed by atoms with Crippen LogP contribution in [0.5, 0.6) is 11.5 Å². The molecule has 0 aliphatic heterocycles. The van der Waals surface area contributed by atoms with Crippen LogP contribution in [0.15, 0.2) is 59.7 Å². The second-order valence-corrected chi connectivity index (χ2v) is 5.01. The molecule has 0 unspecified atom stereocenters. The summed E-state index contributed by atoms with van der Waals surface area (Å²) in [7, 11) is 0. The molecule has 3 aromatic rings. The van der Waals surface area contributed by atoms with Gasteiger partial charge in [-0.25, -0.2) is 4.98 Å². The smallest absolute Gasteiger partial charge is 0.261 e. The first-order chi connectivity index (χ1) is 11.3. The number of ether oxygens (including phenoxy) is 2. The fourth-order valence-electron chi connectivity index (χ4n) is 2.33. The summed E-state index contributed by atoms with van der Waals surface area (Å²) in [5.41, 5.74) is 0.659. The third kappa shape index (κ3) is 3.51. The minimum atomic E-state index is -0.0501. The van der Waals surface area contributed by atoms with E-state index < -0.39 is 0 Å². The van der Waals surface area contributed by atoms with Crippen molar-refractivity contribution in [1.29, 1.82) is 0 Å². The van der Waals surface area contributed by atoms with E-state index in [1.807, 2.05) is 49.4 Å². The number of hydrogen-bond donors (Lipinski definition) is 0. The summed E-state index contributed by atoms with van der Waals surface area (Å²) in [6, 6.07) is 14.8. The molecule has 0 saturated carbocycles. The molecule has 0 bridgehead atoms. The van der Waals surface area contributed by atoms with E-state index in [1.54, 1.807) is 17.0 Å².